The Balaban J connectivity index is 1.76. The van der Waals surface area contributed by atoms with Crippen LogP contribution in [0.2, 0.25) is 0 Å². The first-order valence-corrected chi connectivity index (χ1v) is 19.0. The highest BCUT2D eigenvalue weighted by atomic mass is 14.8. The molecule has 2 aromatic carbocycles. The average molecular weight is 621 g/mol. The summed E-state index contributed by atoms with van der Waals surface area (Å²) in [6.45, 7) is 6.77. The van der Waals surface area contributed by atoms with Crippen molar-refractivity contribution in [3.05, 3.63) is 59.7 Å². The summed E-state index contributed by atoms with van der Waals surface area (Å²) >= 11 is 0. The summed E-state index contributed by atoms with van der Waals surface area (Å²) < 4.78 is 0. The SMILES string of the molecule is CCCCCCCCCCCC#Cc1ccc(N=CC(CCCC)=Nc2ccc(C#CCCCCCCCCCCC)cc2)cc1. The van der Waals surface area contributed by atoms with E-state index in [1.54, 1.807) is 0 Å². The number of hydrogen-bond donors (Lipinski definition) is 0. The van der Waals surface area contributed by atoms with Crippen LogP contribution in [-0.2, 0) is 0 Å². The van der Waals surface area contributed by atoms with Gasteiger partial charge in [0.1, 0.15) is 0 Å². The molecule has 0 N–H and O–H groups in total. The maximum absolute atomic E-state index is 4.92. The van der Waals surface area contributed by atoms with Gasteiger partial charge in [0.05, 0.1) is 17.1 Å². The van der Waals surface area contributed by atoms with Gasteiger partial charge in [-0.05, 0) is 74.2 Å². The summed E-state index contributed by atoms with van der Waals surface area (Å²) in [7, 11) is 0. The molecule has 0 saturated carbocycles. The summed E-state index contributed by atoms with van der Waals surface area (Å²) in [5.74, 6) is 13.4. The fourth-order valence-corrected chi connectivity index (χ4v) is 5.45. The molecule has 46 heavy (non-hydrogen) atoms. The number of rotatable bonds is 24. The van der Waals surface area contributed by atoms with Gasteiger partial charge in [0, 0.05) is 30.2 Å². The van der Waals surface area contributed by atoms with Crippen LogP contribution in [0.4, 0.5) is 11.4 Å². The lowest BCUT2D eigenvalue weighted by Gasteiger charge is -2.02. The molecule has 250 valence electrons. The number of unbranched alkanes of at least 4 members (excludes halogenated alkanes) is 19. The van der Waals surface area contributed by atoms with Crippen LogP contribution in [0.15, 0.2) is 58.5 Å². The molecule has 0 radical (unpaired) electrons. The van der Waals surface area contributed by atoms with Crippen LogP contribution in [0.1, 0.15) is 180 Å². The topological polar surface area (TPSA) is 24.7 Å². The van der Waals surface area contributed by atoms with Gasteiger partial charge in [-0.1, -0.05) is 154 Å². The molecule has 0 spiro atoms. The van der Waals surface area contributed by atoms with E-state index in [4.69, 9.17) is 9.98 Å². The van der Waals surface area contributed by atoms with Crippen molar-refractivity contribution < 1.29 is 0 Å². The molecule has 2 nitrogen and oxygen atoms in total. The van der Waals surface area contributed by atoms with Crippen LogP contribution in [-0.4, -0.2) is 11.9 Å². The first-order chi connectivity index (χ1) is 22.7. The van der Waals surface area contributed by atoms with Crippen molar-refractivity contribution in [1.29, 1.82) is 0 Å². The van der Waals surface area contributed by atoms with Crippen molar-refractivity contribution in [3.8, 4) is 23.7 Å². The number of benzene rings is 2. The smallest absolute Gasteiger partial charge is 0.0634 e. The number of hydrogen-bond acceptors (Lipinski definition) is 2. The predicted octanol–water partition coefficient (Wildman–Crippen LogP) is 13.9. The van der Waals surface area contributed by atoms with E-state index < -0.39 is 0 Å². The Bertz CT molecular complexity index is 1200. The highest BCUT2D eigenvalue weighted by Gasteiger charge is 1.99. The molecular formula is C44H64N2. The molecule has 0 unspecified atom stereocenters. The zero-order chi connectivity index (χ0) is 32.8. The largest absolute Gasteiger partial charge is 0.255 e. The first-order valence-electron chi connectivity index (χ1n) is 19.0. The van der Waals surface area contributed by atoms with Gasteiger partial charge in [-0.2, -0.15) is 0 Å². The third-order valence-electron chi connectivity index (χ3n) is 8.43. The summed E-state index contributed by atoms with van der Waals surface area (Å²) in [6, 6.07) is 16.6. The molecule has 0 saturated heterocycles. The van der Waals surface area contributed by atoms with Gasteiger partial charge in [0.15, 0.2) is 0 Å². The molecule has 0 atom stereocenters. The minimum atomic E-state index is 0.919. The van der Waals surface area contributed by atoms with Crippen LogP contribution >= 0.6 is 0 Å². The van der Waals surface area contributed by atoms with E-state index in [1.165, 1.54) is 116 Å². The van der Waals surface area contributed by atoms with Crippen LogP contribution in [0.3, 0.4) is 0 Å². The Labute approximate surface area is 284 Å². The monoisotopic (exact) mass is 621 g/mol. The predicted molar refractivity (Wildman–Crippen MR) is 205 cm³/mol. The Hall–Kier alpha value is -3.10. The van der Waals surface area contributed by atoms with Gasteiger partial charge in [0.25, 0.3) is 0 Å². The van der Waals surface area contributed by atoms with Gasteiger partial charge in [-0.15, -0.1) is 0 Å². The van der Waals surface area contributed by atoms with Crippen LogP contribution in [0.5, 0.6) is 0 Å². The van der Waals surface area contributed by atoms with Crippen molar-refractivity contribution in [3.63, 3.8) is 0 Å². The molecule has 0 fully saturated rings. The summed E-state index contributed by atoms with van der Waals surface area (Å²) in [5.41, 5.74) is 5.03. The normalized spacial score (nSPS) is 11.3. The molecule has 0 heterocycles. The zero-order valence-corrected chi connectivity index (χ0v) is 29.9. The lowest BCUT2D eigenvalue weighted by molar-refractivity contribution is 0.567. The van der Waals surface area contributed by atoms with E-state index in [0.717, 1.165) is 60.3 Å². The first kappa shape index (κ1) is 39.1. The van der Waals surface area contributed by atoms with Gasteiger partial charge in [0.2, 0.25) is 0 Å². The maximum atomic E-state index is 4.92. The van der Waals surface area contributed by atoms with Gasteiger partial charge in [-0.25, -0.2) is 0 Å². The van der Waals surface area contributed by atoms with Crippen LogP contribution in [0.25, 0.3) is 0 Å². The molecule has 0 aliphatic carbocycles. The molecular weight excluding hydrogens is 556 g/mol. The van der Waals surface area contributed by atoms with Crippen molar-refractivity contribution in [1.82, 2.24) is 0 Å². The van der Waals surface area contributed by atoms with Gasteiger partial charge in [-0.3, -0.25) is 9.98 Å². The maximum Gasteiger partial charge on any atom is 0.0634 e. The van der Waals surface area contributed by atoms with Crippen molar-refractivity contribution in [2.24, 2.45) is 9.98 Å². The highest BCUT2D eigenvalue weighted by Crippen LogP contribution is 2.17. The minimum Gasteiger partial charge on any atom is -0.255 e. The molecule has 0 aliphatic rings. The second-order valence-electron chi connectivity index (χ2n) is 12.8. The number of nitrogens with zero attached hydrogens (tertiary/aromatic N) is 2. The van der Waals surface area contributed by atoms with E-state index in [9.17, 15) is 0 Å². The lowest BCUT2D eigenvalue weighted by Crippen LogP contribution is -1.99. The third kappa shape index (κ3) is 20.8. The second-order valence-corrected chi connectivity index (χ2v) is 12.8. The summed E-state index contributed by atoms with van der Waals surface area (Å²) in [4.78, 5) is 9.66. The molecule has 0 aromatic heterocycles. The fourth-order valence-electron chi connectivity index (χ4n) is 5.45. The highest BCUT2D eigenvalue weighted by molar-refractivity contribution is 6.31. The standard InChI is InChI=1S/C44H64N2/c1-4-7-10-12-14-16-18-20-22-24-26-28-40-31-35-42(36-32-40)45-39-44(30-9-6-3)46-43-37-33-41(34-38-43)29-27-25-23-21-19-17-15-13-11-8-5-2/h31-39H,4-25,30H2,1-3H3. The number of aliphatic imine (C=N–C) groups is 2. The molecule has 2 aromatic rings. The molecule has 0 aliphatic heterocycles. The van der Waals surface area contributed by atoms with E-state index in [1.807, 2.05) is 6.21 Å². The Morgan fingerprint density at radius 3 is 1.30 bits per heavy atom. The van der Waals surface area contributed by atoms with Crippen LogP contribution < -0.4 is 0 Å². The quantitative estimate of drug-likeness (QED) is 0.0633. The summed E-state index contributed by atoms with van der Waals surface area (Å²) in [5, 5.41) is 0. The third-order valence-corrected chi connectivity index (χ3v) is 8.43. The molecule has 0 amide bonds. The van der Waals surface area contributed by atoms with Crippen molar-refractivity contribution in [2.75, 3.05) is 0 Å². The molecule has 2 rings (SSSR count). The summed E-state index contributed by atoms with van der Waals surface area (Å²) in [6.07, 6.45) is 31.4. The second kappa shape index (κ2) is 28.1. The lowest BCUT2D eigenvalue weighted by atomic mass is 10.1. The Morgan fingerprint density at radius 2 is 0.870 bits per heavy atom. The Kier molecular flexibility index (Phi) is 23.9. The van der Waals surface area contributed by atoms with Gasteiger partial charge >= 0.3 is 0 Å². The zero-order valence-electron chi connectivity index (χ0n) is 29.9. The van der Waals surface area contributed by atoms with E-state index in [2.05, 4.69) is 93.0 Å². The van der Waals surface area contributed by atoms with Crippen molar-refractivity contribution in [2.45, 2.75) is 168 Å². The van der Waals surface area contributed by atoms with E-state index >= 15 is 0 Å². The van der Waals surface area contributed by atoms with E-state index in [-0.39, 0.29) is 0 Å². The fraction of sp³-hybridized carbons (Fsp3) is 0.591. The molecule has 2 heteroatoms. The van der Waals surface area contributed by atoms with Gasteiger partial charge < -0.3 is 0 Å². The molecule has 0 bridgehead atoms. The minimum absolute atomic E-state index is 0.919. The Morgan fingerprint density at radius 1 is 0.478 bits per heavy atom. The average Bonchev–Trinajstić information content (AvgIpc) is 3.08. The van der Waals surface area contributed by atoms with Crippen LogP contribution in [0, 0.1) is 23.7 Å². The van der Waals surface area contributed by atoms with E-state index in [0.29, 0.717) is 0 Å². The van der Waals surface area contributed by atoms with Crippen molar-refractivity contribution >= 4 is 23.3 Å².